The monoisotopic (exact) mass is 248 g/mol. The smallest absolute Gasteiger partial charge is 0.207 e. The van der Waals surface area contributed by atoms with Crippen LogP contribution in [0.15, 0.2) is 24.3 Å². The van der Waals surface area contributed by atoms with Crippen LogP contribution in [-0.4, -0.2) is 25.3 Å². The molecule has 0 saturated heterocycles. The number of rotatable bonds is 8. The van der Waals surface area contributed by atoms with Gasteiger partial charge in [0.1, 0.15) is 0 Å². The first-order chi connectivity index (χ1) is 8.71. The van der Waals surface area contributed by atoms with Crippen molar-refractivity contribution >= 4 is 12.2 Å². The molecule has 1 aromatic rings. The van der Waals surface area contributed by atoms with E-state index >= 15 is 0 Å². The molecule has 1 amide bonds. The lowest BCUT2D eigenvalue weighted by Gasteiger charge is -2.14. The highest BCUT2D eigenvalue weighted by molar-refractivity contribution is 5.85. The van der Waals surface area contributed by atoms with E-state index in [0.717, 1.165) is 12.1 Å². The number of hydrogen-bond donors (Lipinski definition) is 2. The molecule has 0 bridgehead atoms. The molecule has 0 fully saturated rings. The summed E-state index contributed by atoms with van der Waals surface area (Å²) >= 11 is 0. The summed E-state index contributed by atoms with van der Waals surface area (Å²) in [7, 11) is 1.90. The average Bonchev–Trinajstić information content (AvgIpc) is 2.40. The number of benzene rings is 1. The predicted molar refractivity (Wildman–Crippen MR) is 71.2 cm³/mol. The molecule has 0 aromatic heterocycles. The third kappa shape index (κ3) is 4.30. The van der Waals surface area contributed by atoms with Crippen LogP contribution in [0, 0.1) is 0 Å². The Morgan fingerprint density at radius 3 is 2.39 bits per heavy atom. The minimum Gasteiger partial charge on any atom is -0.349 e. The van der Waals surface area contributed by atoms with Gasteiger partial charge < -0.3 is 10.6 Å². The van der Waals surface area contributed by atoms with Crippen LogP contribution in [0.4, 0.5) is 0 Å². The van der Waals surface area contributed by atoms with E-state index in [4.69, 9.17) is 0 Å². The van der Waals surface area contributed by atoms with Gasteiger partial charge in [-0.1, -0.05) is 31.2 Å². The minimum absolute atomic E-state index is 0.0569. The van der Waals surface area contributed by atoms with Gasteiger partial charge in [-0.05, 0) is 24.6 Å². The molecule has 0 unspecified atom stereocenters. The van der Waals surface area contributed by atoms with Crippen LogP contribution >= 0.6 is 0 Å². The normalized spacial score (nSPS) is 11.9. The Morgan fingerprint density at radius 2 is 1.89 bits per heavy atom. The van der Waals surface area contributed by atoms with Crippen molar-refractivity contribution in [3.63, 3.8) is 0 Å². The van der Waals surface area contributed by atoms with Gasteiger partial charge in [0.15, 0.2) is 5.78 Å². The molecule has 0 saturated carbocycles. The van der Waals surface area contributed by atoms with Gasteiger partial charge in [0, 0.05) is 13.0 Å². The average molecular weight is 248 g/mol. The van der Waals surface area contributed by atoms with E-state index in [1.54, 1.807) is 6.92 Å². The number of nitrogens with one attached hydrogen (secondary N) is 2. The highest BCUT2D eigenvalue weighted by Crippen LogP contribution is 2.08. The first-order valence-corrected chi connectivity index (χ1v) is 6.16. The molecule has 0 aliphatic rings. The molecule has 0 aliphatic heterocycles. The van der Waals surface area contributed by atoms with Crippen LogP contribution in [0.25, 0.3) is 0 Å². The van der Waals surface area contributed by atoms with Crippen molar-refractivity contribution < 1.29 is 9.59 Å². The lowest BCUT2D eigenvalue weighted by Crippen LogP contribution is -2.37. The number of hydrogen-bond acceptors (Lipinski definition) is 3. The van der Waals surface area contributed by atoms with Crippen molar-refractivity contribution in [1.29, 1.82) is 0 Å². The molecule has 1 rings (SSSR count). The Morgan fingerprint density at radius 1 is 1.28 bits per heavy atom. The van der Waals surface area contributed by atoms with Crippen molar-refractivity contribution in [3.8, 4) is 0 Å². The van der Waals surface area contributed by atoms with Gasteiger partial charge in [0.2, 0.25) is 6.41 Å². The molecule has 1 aromatic carbocycles. The van der Waals surface area contributed by atoms with E-state index in [1.807, 2.05) is 31.3 Å². The summed E-state index contributed by atoms with van der Waals surface area (Å²) in [5.41, 5.74) is 2.25. The van der Waals surface area contributed by atoms with Crippen LogP contribution < -0.4 is 10.6 Å². The standard InChI is InChI=1S/C14H20N2O2/c1-3-14(18)13(16-10-17)8-11-4-6-12(7-5-11)9-15-2/h4-7,10,13,15H,3,8-9H2,1-2H3,(H,16,17)/t13-/m0/s1. The second kappa shape index (κ2) is 7.61. The van der Waals surface area contributed by atoms with Crippen molar-refractivity contribution in [1.82, 2.24) is 10.6 Å². The summed E-state index contributed by atoms with van der Waals surface area (Å²) in [5.74, 6) is 0.0569. The van der Waals surface area contributed by atoms with E-state index < -0.39 is 6.04 Å². The first kappa shape index (κ1) is 14.4. The van der Waals surface area contributed by atoms with Crippen LogP contribution in [0.2, 0.25) is 0 Å². The minimum atomic E-state index is -0.414. The van der Waals surface area contributed by atoms with E-state index in [9.17, 15) is 9.59 Å². The molecule has 0 spiro atoms. The molecule has 4 nitrogen and oxygen atoms in total. The fraction of sp³-hybridized carbons (Fsp3) is 0.429. The molecule has 98 valence electrons. The molecule has 0 radical (unpaired) electrons. The van der Waals surface area contributed by atoms with Gasteiger partial charge in [-0.2, -0.15) is 0 Å². The summed E-state index contributed by atoms with van der Waals surface area (Å²) in [5, 5.41) is 5.66. The van der Waals surface area contributed by atoms with Gasteiger partial charge in [-0.3, -0.25) is 9.59 Å². The molecule has 18 heavy (non-hydrogen) atoms. The highest BCUT2D eigenvalue weighted by Gasteiger charge is 2.15. The maximum atomic E-state index is 11.6. The van der Waals surface area contributed by atoms with Gasteiger partial charge in [0.05, 0.1) is 6.04 Å². The molecule has 2 N–H and O–H groups in total. The third-order valence-electron chi connectivity index (χ3n) is 2.85. The summed E-state index contributed by atoms with van der Waals surface area (Å²) in [6, 6.07) is 7.63. The molecular weight excluding hydrogens is 228 g/mol. The maximum absolute atomic E-state index is 11.6. The van der Waals surface area contributed by atoms with Gasteiger partial charge in [-0.25, -0.2) is 0 Å². The van der Waals surface area contributed by atoms with E-state index in [1.165, 1.54) is 5.56 Å². The van der Waals surface area contributed by atoms with Crippen LogP contribution in [0.5, 0.6) is 0 Å². The van der Waals surface area contributed by atoms with Crippen molar-refractivity contribution in [3.05, 3.63) is 35.4 Å². The lowest BCUT2D eigenvalue weighted by molar-refractivity contribution is -0.123. The van der Waals surface area contributed by atoms with Gasteiger partial charge in [0.25, 0.3) is 0 Å². The van der Waals surface area contributed by atoms with Crippen LogP contribution in [0.1, 0.15) is 24.5 Å². The number of ketones is 1. The van der Waals surface area contributed by atoms with Gasteiger partial charge in [-0.15, -0.1) is 0 Å². The first-order valence-electron chi connectivity index (χ1n) is 6.16. The fourth-order valence-electron chi connectivity index (χ4n) is 1.83. The summed E-state index contributed by atoms with van der Waals surface area (Å²) in [6.07, 6.45) is 1.57. The third-order valence-corrected chi connectivity index (χ3v) is 2.85. The second-order valence-corrected chi connectivity index (χ2v) is 4.21. The molecular formula is C14H20N2O2. The molecule has 0 aliphatic carbocycles. The van der Waals surface area contributed by atoms with E-state index in [0.29, 0.717) is 19.3 Å². The quantitative estimate of drug-likeness (QED) is 0.676. The van der Waals surface area contributed by atoms with Crippen molar-refractivity contribution in [2.75, 3.05) is 7.05 Å². The largest absolute Gasteiger partial charge is 0.349 e. The zero-order valence-electron chi connectivity index (χ0n) is 10.9. The Labute approximate surface area is 108 Å². The van der Waals surface area contributed by atoms with E-state index in [-0.39, 0.29) is 5.78 Å². The Balaban J connectivity index is 2.68. The van der Waals surface area contributed by atoms with Gasteiger partial charge >= 0.3 is 0 Å². The Bertz CT molecular complexity index is 387. The Hall–Kier alpha value is -1.68. The van der Waals surface area contributed by atoms with Crippen LogP contribution in [-0.2, 0) is 22.6 Å². The van der Waals surface area contributed by atoms with Crippen LogP contribution in [0.3, 0.4) is 0 Å². The molecule has 0 heterocycles. The zero-order chi connectivity index (χ0) is 13.4. The number of amides is 1. The number of Topliss-reactive ketones (excluding diaryl/α,β-unsaturated/α-hetero) is 1. The predicted octanol–water partition coefficient (Wildman–Crippen LogP) is 1.04. The lowest BCUT2D eigenvalue weighted by atomic mass is 10.00. The molecule has 1 atom stereocenters. The fourth-order valence-corrected chi connectivity index (χ4v) is 1.83. The highest BCUT2D eigenvalue weighted by atomic mass is 16.1. The maximum Gasteiger partial charge on any atom is 0.207 e. The topological polar surface area (TPSA) is 58.2 Å². The zero-order valence-corrected chi connectivity index (χ0v) is 10.9. The Kier molecular flexibility index (Phi) is 6.08. The number of carbonyl (C=O) groups is 2. The SMILES string of the molecule is CCC(=O)[C@H](Cc1ccc(CNC)cc1)NC=O. The number of carbonyl (C=O) groups excluding carboxylic acids is 2. The van der Waals surface area contributed by atoms with Crippen molar-refractivity contribution in [2.24, 2.45) is 0 Å². The van der Waals surface area contributed by atoms with Crippen molar-refractivity contribution in [2.45, 2.75) is 32.4 Å². The molecule has 4 heteroatoms. The summed E-state index contributed by atoms with van der Waals surface area (Å²) in [6.45, 7) is 2.63. The second-order valence-electron chi connectivity index (χ2n) is 4.21. The van der Waals surface area contributed by atoms with E-state index in [2.05, 4.69) is 10.6 Å². The summed E-state index contributed by atoms with van der Waals surface area (Å²) in [4.78, 5) is 22.1. The summed E-state index contributed by atoms with van der Waals surface area (Å²) < 4.78 is 0.